The van der Waals surface area contributed by atoms with Crippen molar-refractivity contribution >= 4 is 17.2 Å². The van der Waals surface area contributed by atoms with Crippen molar-refractivity contribution in [3.05, 3.63) is 53.5 Å². The zero-order valence-electron chi connectivity index (χ0n) is 11.7. The van der Waals surface area contributed by atoms with Gasteiger partial charge in [-0.25, -0.2) is 0 Å². The molecule has 0 spiro atoms. The second-order valence-electron chi connectivity index (χ2n) is 4.95. The van der Waals surface area contributed by atoms with E-state index in [-0.39, 0.29) is 0 Å². The van der Waals surface area contributed by atoms with E-state index in [9.17, 15) is 4.79 Å². The van der Waals surface area contributed by atoms with E-state index in [1.54, 1.807) is 0 Å². The van der Waals surface area contributed by atoms with E-state index in [1.807, 2.05) is 42.2 Å². The third-order valence-electron chi connectivity index (χ3n) is 3.67. The largest absolute Gasteiger partial charge is 0.341 e. The molecule has 4 nitrogen and oxygen atoms in total. The molecule has 4 heteroatoms. The first kappa shape index (κ1) is 12.7. The highest BCUT2D eigenvalue weighted by Gasteiger charge is 2.10. The SMILES string of the molecule is CCc1cc(Cn2cc(C=O)c3ccccc32)n(C)n1. The topological polar surface area (TPSA) is 39.8 Å². The fourth-order valence-electron chi connectivity index (χ4n) is 2.57. The third-order valence-corrected chi connectivity index (χ3v) is 3.67. The summed E-state index contributed by atoms with van der Waals surface area (Å²) < 4.78 is 4.02. The van der Waals surface area contributed by atoms with Crippen molar-refractivity contribution in [2.75, 3.05) is 0 Å². The van der Waals surface area contributed by atoms with Crippen LogP contribution in [-0.2, 0) is 20.0 Å². The Morgan fingerprint density at radius 3 is 2.80 bits per heavy atom. The number of hydrogen-bond donors (Lipinski definition) is 0. The summed E-state index contributed by atoms with van der Waals surface area (Å²) in [6.45, 7) is 2.82. The van der Waals surface area contributed by atoms with Gasteiger partial charge >= 0.3 is 0 Å². The highest BCUT2D eigenvalue weighted by molar-refractivity contribution is 5.97. The van der Waals surface area contributed by atoms with Crippen LogP contribution in [0.4, 0.5) is 0 Å². The van der Waals surface area contributed by atoms with Crippen LogP contribution in [0.25, 0.3) is 10.9 Å². The summed E-state index contributed by atoms with van der Waals surface area (Å²) in [5.41, 5.74) is 4.04. The minimum absolute atomic E-state index is 0.720. The van der Waals surface area contributed by atoms with E-state index in [1.165, 1.54) is 0 Å². The Labute approximate surface area is 117 Å². The fraction of sp³-hybridized carbons (Fsp3) is 0.250. The highest BCUT2D eigenvalue weighted by atomic mass is 16.1. The number of aldehydes is 1. The van der Waals surface area contributed by atoms with Crippen LogP contribution in [0.3, 0.4) is 0 Å². The molecule has 0 unspecified atom stereocenters. The fourth-order valence-corrected chi connectivity index (χ4v) is 2.57. The van der Waals surface area contributed by atoms with Crippen LogP contribution in [0.2, 0.25) is 0 Å². The summed E-state index contributed by atoms with van der Waals surface area (Å²) in [6, 6.07) is 10.1. The van der Waals surface area contributed by atoms with Gasteiger partial charge in [0.25, 0.3) is 0 Å². The van der Waals surface area contributed by atoms with Crippen LogP contribution in [0.15, 0.2) is 36.5 Å². The maximum absolute atomic E-state index is 11.2. The predicted octanol–water partition coefficient (Wildman–Crippen LogP) is 2.80. The van der Waals surface area contributed by atoms with Crippen molar-refractivity contribution in [2.45, 2.75) is 19.9 Å². The number of rotatable bonds is 4. The number of carbonyl (C=O) groups excluding carboxylic acids is 1. The molecule has 0 fully saturated rings. The van der Waals surface area contributed by atoms with Gasteiger partial charge in [-0.3, -0.25) is 9.48 Å². The summed E-state index contributed by atoms with van der Waals surface area (Å²) in [5.74, 6) is 0. The number of carbonyl (C=O) groups is 1. The number of para-hydroxylation sites is 1. The minimum atomic E-state index is 0.720. The van der Waals surface area contributed by atoms with Gasteiger partial charge in [0.1, 0.15) is 0 Å². The molecular weight excluding hydrogens is 250 g/mol. The van der Waals surface area contributed by atoms with Gasteiger partial charge in [-0.15, -0.1) is 0 Å². The van der Waals surface area contributed by atoms with Crippen LogP contribution < -0.4 is 0 Å². The quantitative estimate of drug-likeness (QED) is 0.682. The summed E-state index contributed by atoms with van der Waals surface area (Å²) in [6.07, 6.45) is 3.76. The van der Waals surface area contributed by atoms with Gasteiger partial charge in [-0.05, 0) is 18.6 Å². The second kappa shape index (κ2) is 4.96. The first-order valence-electron chi connectivity index (χ1n) is 6.77. The van der Waals surface area contributed by atoms with Gasteiger partial charge in [-0.1, -0.05) is 25.1 Å². The minimum Gasteiger partial charge on any atom is -0.341 e. The van der Waals surface area contributed by atoms with Gasteiger partial charge in [0.2, 0.25) is 0 Å². The van der Waals surface area contributed by atoms with Crippen LogP contribution in [0, 0.1) is 0 Å². The second-order valence-corrected chi connectivity index (χ2v) is 4.95. The number of fused-ring (bicyclic) bond motifs is 1. The Kier molecular flexibility index (Phi) is 3.14. The maximum atomic E-state index is 11.2. The Bertz CT molecular complexity index is 767. The molecule has 0 bridgehead atoms. The average molecular weight is 267 g/mol. The zero-order valence-corrected chi connectivity index (χ0v) is 11.7. The zero-order chi connectivity index (χ0) is 14.1. The maximum Gasteiger partial charge on any atom is 0.152 e. The molecule has 0 saturated carbocycles. The summed E-state index contributed by atoms with van der Waals surface area (Å²) in [7, 11) is 1.96. The lowest BCUT2D eigenvalue weighted by Gasteiger charge is -2.05. The average Bonchev–Trinajstić information content (AvgIpc) is 3.01. The molecule has 0 atom stereocenters. The summed E-state index contributed by atoms with van der Waals surface area (Å²) >= 11 is 0. The Morgan fingerprint density at radius 1 is 1.30 bits per heavy atom. The smallest absolute Gasteiger partial charge is 0.152 e. The van der Waals surface area contributed by atoms with Gasteiger partial charge in [0.15, 0.2) is 6.29 Å². The first-order chi connectivity index (χ1) is 9.72. The Morgan fingerprint density at radius 2 is 2.10 bits per heavy atom. The first-order valence-corrected chi connectivity index (χ1v) is 6.77. The number of aryl methyl sites for hydroxylation is 2. The normalized spacial score (nSPS) is 11.1. The molecule has 0 amide bonds. The van der Waals surface area contributed by atoms with Crippen molar-refractivity contribution in [1.82, 2.24) is 14.3 Å². The summed E-state index contributed by atoms with van der Waals surface area (Å²) in [4.78, 5) is 11.2. The standard InChI is InChI=1S/C16H17N3O/c1-3-13-8-14(18(2)17-13)10-19-9-12(11-20)15-6-4-5-7-16(15)19/h4-9,11H,3,10H2,1-2H3. The van der Waals surface area contributed by atoms with Crippen LogP contribution in [0.5, 0.6) is 0 Å². The molecule has 0 aliphatic heterocycles. The number of nitrogens with zero attached hydrogens (tertiary/aromatic N) is 3. The summed E-state index contributed by atoms with van der Waals surface area (Å²) in [5, 5.41) is 5.47. The molecule has 2 aromatic heterocycles. The number of hydrogen-bond acceptors (Lipinski definition) is 2. The van der Waals surface area contributed by atoms with Crippen molar-refractivity contribution < 1.29 is 4.79 Å². The van der Waals surface area contributed by atoms with Gasteiger partial charge in [0.05, 0.1) is 17.9 Å². The number of benzene rings is 1. The third kappa shape index (κ3) is 2.03. The Balaban J connectivity index is 2.06. The molecule has 20 heavy (non-hydrogen) atoms. The molecule has 3 aromatic rings. The van der Waals surface area contributed by atoms with Crippen molar-refractivity contribution in [3.8, 4) is 0 Å². The van der Waals surface area contributed by atoms with Crippen LogP contribution >= 0.6 is 0 Å². The van der Waals surface area contributed by atoms with Crippen LogP contribution in [0.1, 0.15) is 28.7 Å². The van der Waals surface area contributed by atoms with E-state index in [0.717, 1.165) is 47.1 Å². The van der Waals surface area contributed by atoms with Gasteiger partial charge in [0, 0.05) is 29.7 Å². The van der Waals surface area contributed by atoms with Crippen molar-refractivity contribution in [2.24, 2.45) is 7.05 Å². The number of aromatic nitrogens is 3. The molecule has 0 aliphatic carbocycles. The van der Waals surface area contributed by atoms with E-state index in [0.29, 0.717) is 0 Å². The van der Waals surface area contributed by atoms with E-state index >= 15 is 0 Å². The Hall–Kier alpha value is -2.36. The monoisotopic (exact) mass is 267 g/mol. The van der Waals surface area contributed by atoms with Gasteiger partial charge in [-0.2, -0.15) is 5.10 Å². The molecule has 2 heterocycles. The highest BCUT2D eigenvalue weighted by Crippen LogP contribution is 2.21. The van der Waals surface area contributed by atoms with Crippen molar-refractivity contribution in [3.63, 3.8) is 0 Å². The molecule has 0 saturated heterocycles. The van der Waals surface area contributed by atoms with Gasteiger partial charge < -0.3 is 4.57 Å². The lowest BCUT2D eigenvalue weighted by Crippen LogP contribution is -2.04. The van der Waals surface area contributed by atoms with Crippen molar-refractivity contribution in [1.29, 1.82) is 0 Å². The molecule has 102 valence electrons. The molecular formula is C16H17N3O. The lowest BCUT2D eigenvalue weighted by molar-refractivity contribution is 0.112. The van der Waals surface area contributed by atoms with E-state index in [4.69, 9.17) is 0 Å². The molecule has 3 rings (SSSR count). The molecule has 0 radical (unpaired) electrons. The predicted molar refractivity (Wildman–Crippen MR) is 79.0 cm³/mol. The van der Waals surface area contributed by atoms with E-state index in [2.05, 4.69) is 22.7 Å². The molecule has 1 aromatic carbocycles. The molecule has 0 aliphatic rings. The lowest BCUT2D eigenvalue weighted by atomic mass is 10.2. The van der Waals surface area contributed by atoms with E-state index < -0.39 is 0 Å². The molecule has 0 N–H and O–H groups in total. The van der Waals surface area contributed by atoms with Crippen LogP contribution in [-0.4, -0.2) is 20.6 Å².